The van der Waals surface area contributed by atoms with Crippen molar-refractivity contribution in [3.8, 4) is 0 Å². The Morgan fingerprint density at radius 2 is 1.50 bits per heavy atom. The molecule has 0 fully saturated rings. The molecule has 0 N–H and O–H groups in total. The fraction of sp³-hybridized carbons (Fsp3) is 0.0714. The molecular formula is C28H24. The Morgan fingerprint density at radius 1 is 0.750 bits per heavy atom. The van der Waals surface area contributed by atoms with Gasteiger partial charge in [-0.25, -0.2) is 0 Å². The number of hydrogen-bond acceptors (Lipinski definition) is 0. The molecule has 0 aliphatic heterocycles. The molecule has 0 unspecified atom stereocenters. The molecule has 28 heavy (non-hydrogen) atoms. The van der Waals surface area contributed by atoms with Gasteiger partial charge in [0.1, 0.15) is 0 Å². The standard InChI is InChI=1S/C28H24/c1-4-8-25(18-21(3)24-11-7-9-20(2)17-24)26-16-15-23-14-13-22-10-5-6-12-27(22)28(23)19-26/h4-19H,1H2,2-3H3/b21-18+,25-8+. The maximum atomic E-state index is 3.93. The van der Waals surface area contributed by atoms with Crippen LogP contribution in [0.3, 0.4) is 0 Å². The molecule has 136 valence electrons. The van der Waals surface area contributed by atoms with Gasteiger partial charge in [-0.2, -0.15) is 0 Å². The Morgan fingerprint density at radius 3 is 2.29 bits per heavy atom. The summed E-state index contributed by atoms with van der Waals surface area (Å²) < 4.78 is 0. The summed E-state index contributed by atoms with van der Waals surface area (Å²) in [5.74, 6) is 0. The van der Waals surface area contributed by atoms with E-state index >= 15 is 0 Å². The molecule has 4 aromatic rings. The quantitative estimate of drug-likeness (QED) is 0.256. The van der Waals surface area contributed by atoms with Gasteiger partial charge in [0.25, 0.3) is 0 Å². The summed E-state index contributed by atoms with van der Waals surface area (Å²) in [7, 11) is 0. The minimum atomic E-state index is 1.17. The molecule has 0 heterocycles. The lowest BCUT2D eigenvalue weighted by Crippen LogP contribution is -1.87. The zero-order valence-corrected chi connectivity index (χ0v) is 16.4. The minimum absolute atomic E-state index is 1.17. The monoisotopic (exact) mass is 360 g/mol. The van der Waals surface area contributed by atoms with Gasteiger partial charge < -0.3 is 0 Å². The van der Waals surface area contributed by atoms with Gasteiger partial charge >= 0.3 is 0 Å². The second-order valence-electron chi connectivity index (χ2n) is 7.28. The number of aryl methyl sites for hydroxylation is 1. The van der Waals surface area contributed by atoms with Crippen molar-refractivity contribution in [2.24, 2.45) is 0 Å². The average molecular weight is 361 g/mol. The first-order chi connectivity index (χ1) is 13.7. The first-order valence-corrected chi connectivity index (χ1v) is 9.66. The highest BCUT2D eigenvalue weighted by Gasteiger charge is 2.05. The van der Waals surface area contributed by atoms with E-state index in [2.05, 4.69) is 111 Å². The lowest BCUT2D eigenvalue weighted by Gasteiger charge is -2.10. The van der Waals surface area contributed by atoms with Crippen LogP contribution in [-0.4, -0.2) is 0 Å². The summed E-state index contributed by atoms with van der Waals surface area (Å²) in [5.41, 5.74) is 6.15. The van der Waals surface area contributed by atoms with Crippen molar-refractivity contribution in [3.63, 3.8) is 0 Å². The molecule has 0 spiro atoms. The Balaban J connectivity index is 1.85. The van der Waals surface area contributed by atoms with Crippen LogP contribution in [0.15, 0.2) is 104 Å². The van der Waals surface area contributed by atoms with E-state index in [9.17, 15) is 0 Å². The molecule has 4 rings (SSSR count). The predicted octanol–water partition coefficient (Wildman–Crippen LogP) is 7.97. The Kier molecular flexibility index (Phi) is 4.95. The van der Waals surface area contributed by atoms with E-state index in [1.165, 1.54) is 49.4 Å². The lowest BCUT2D eigenvalue weighted by atomic mass is 9.95. The van der Waals surface area contributed by atoms with Crippen LogP contribution in [0, 0.1) is 6.92 Å². The molecule has 0 atom stereocenters. The molecule has 0 aliphatic rings. The molecule has 0 radical (unpaired) electrons. The van der Waals surface area contributed by atoms with Gasteiger partial charge in [-0.15, -0.1) is 0 Å². The van der Waals surface area contributed by atoms with E-state index in [1.54, 1.807) is 0 Å². The average Bonchev–Trinajstić information content (AvgIpc) is 2.73. The second kappa shape index (κ2) is 7.70. The molecule has 0 amide bonds. The molecule has 0 bridgehead atoms. The third-order valence-corrected chi connectivity index (χ3v) is 5.22. The van der Waals surface area contributed by atoms with Crippen LogP contribution < -0.4 is 0 Å². The summed E-state index contributed by atoms with van der Waals surface area (Å²) in [5, 5.41) is 5.11. The van der Waals surface area contributed by atoms with E-state index in [4.69, 9.17) is 0 Å². The highest BCUT2D eigenvalue weighted by molar-refractivity contribution is 6.08. The van der Waals surface area contributed by atoms with E-state index in [0.29, 0.717) is 0 Å². The summed E-state index contributed by atoms with van der Waals surface area (Å²) in [6.45, 7) is 8.23. The van der Waals surface area contributed by atoms with E-state index in [-0.39, 0.29) is 0 Å². The van der Waals surface area contributed by atoms with E-state index in [1.807, 2.05) is 6.08 Å². The smallest absolute Gasteiger partial charge is 0.00992 e. The van der Waals surface area contributed by atoms with Crippen LogP contribution in [-0.2, 0) is 0 Å². The van der Waals surface area contributed by atoms with Gasteiger partial charge in [-0.05, 0) is 63.7 Å². The number of hydrogen-bond donors (Lipinski definition) is 0. The highest BCUT2D eigenvalue weighted by atomic mass is 14.1. The molecule has 0 aliphatic carbocycles. The normalized spacial score (nSPS) is 12.5. The first kappa shape index (κ1) is 18.0. The maximum Gasteiger partial charge on any atom is -0.00992 e. The van der Waals surface area contributed by atoms with Crippen LogP contribution in [0.5, 0.6) is 0 Å². The topological polar surface area (TPSA) is 0 Å². The fourth-order valence-electron chi connectivity index (χ4n) is 3.74. The summed E-state index contributed by atoms with van der Waals surface area (Å²) >= 11 is 0. The van der Waals surface area contributed by atoms with E-state index in [0.717, 1.165) is 0 Å². The minimum Gasteiger partial charge on any atom is -0.0990 e. The summed E-state index contributed by atoms with van der Waals surface area (Å²) in [6.07, 6.45) is 6.21. The molecular weight excluding hydrogens is 336 g/mol. The van der Waals surface area contributed by atoms with Crippen molar-refractivity contribution in [3.05, 3.63) is 120 Å². The van der Waals surface area contributed by atoms with Gasteiger partial charge in [0.2, 0.25) is 0 Å². The Hall–Kier alpha value is -3.38. The van der Waals surface area contributed by atoms with Crippen LogP contribution >= 0.6 is 0 Å². The van der Waals surface area contributed by atoms with Crippen LogP contribution in [0.1, 0.15) is 23.6 Å². The fourth-order valence-corrected chi connectivity index (χ4v) is 3.74. The Bertz CT molecular complexity index is 1240. The zero-order chi connectivity index (χ0) is 19.5. The third-order valence-electron chi connectivity index (χ3n) is 5.22. The van der Waals surface area contributed by atoms with Crippen LogP contribution in [0.25, 0.3) is 32.7 Å². The molecule has 0 heteroatoms. The van der Waals surface area contributed by atoms with Crippen LogP contribution in [0.4, 0.5) is 0 Å². The molecule has 4 aromatic carbocycles. The van der Waals surface area contributed by atoms with Crippen LogP contribution in [0.2, 0.25) is 0 Å². The maximum absolute atomic E-state index is 3.93. The zero-order valence-electron chi connectivity index (χ0n) is 16.4. The van der Waals surface area contributed by atoms with Gasteiger partial charge in [0.05, 0.1) is 0 Å². The summed E-state index contributed by atoms with van der Waals surface area (Å²) in [6, 6.07) is 28.3. The summed E-state index contributed by atoms with van der Waals surface area (Å²) in [4.78, 5) is 0. The first-order valence-electron chi connectivity index (χ1n) is 9.66. The van der Waals surface area contributed by atoms with Gasteiger partial charge in [0.15, 0.2) is 0 Å². The Labute approximate surface area is 167 Å². The number of rotatable bonds is 4. The highest BCUT2D eigenvalue weighted by Crippen LogP contribution is 2.30. The van der Waals surface area contributed by atoms with Crippen molar-refractivity contribution in [1.82, 2.24) is 0 Å². The number of fused-ring (bicyclic) bond motifs is 3. The van der Waals surface area contributed by atoms with Crippen molar-refractivity contribution in [2.45, 2.75) is 13.8 Å². The number of allylic oxidation sites excluding steroid dienone is 5. The van der Waals surface area contributed by atoms with Crippen molar-refractivity contribution in [2.75, 3.05) is 0 Å². The third kappa shape index (κ3) is 3.54. The largest absolute Gasteiger partial charge is 0.0990 e. The lowest BCUT2D eigenvalue weighted by molar-refractivity contribution is 1.44. The second-order valence-corrected chi connectivity index (χ2v) is 7.28. The molecule has 0 saturated carbocycles. The molecule has 0 aromatic heterocycles. The van der Waals surface area contributed by atoms with Gasteiger partial charge in [-0.3, -0.25) is 0 Å². The van der Waals surface area contributed by atoms with Gasteiger partial charge in [0, 0.05) is 0 Å². The van der Waals surface area contributed by atoms with Crippen molar-refractivity contribution >= 4 is 32.7 Å². The van der Waals surface area contributed by atoms with Gasteiger partial charge in [-0.1, -0.05) is 103 Å². The predicted molar refractivity (Wildman–Crippen MR) is 124 cm³/mol. The molecule has 0 nitrogen and oxygen atoms in total. The van der Waals surface area contributed by atoms with Crippen molar-refractivity contribution < 1.29 is 0 Å². The van der Waals surface area contributed by atoms with E-state index < -0.39 is 0 Å². The molecule has 0 saturated heterocycles. The van der Waals surface area contributed by atoms with Crippen molar-refractivity contribution in [1.29, 1.82) is 0 Å². The SMILES string of the molecule is C=C/C=C(\C=C(/C)c1cccc(C)c1)c1ccc2ccc3ccccc3c2c1. The number of benzene rings is 4.